The Hall–Kier alpha value is -1.65. The van der Waals surface area contributed by atoms with Crippen molar-refractivity contribution >= 4 is 5.96 Å². The molecular weight excluding hydrogens is 212 g/mol. The summed E-state index contributed by atoms with van der Waals surface area (Å²) in [5.41, 5.74) is 10.7. The number of aryl methyl sites for hydroxylation is 1. The van der Waals surface area contributed by atoms with Gasteiger partial charge >= 0.3 is 0 Å². The van der Waals surface area contributed by atoms with Crippen molar-refractivity contribution in [3.63, 3.8) is 0 Å². The van der Waals surface area contributed by atoms with Crippen LogP contribution in [0.4, 0.5) is 8.78 Å². The van der Waals surface area contributed by atoms with Gasteiger partial charge in [0.15, 0.2) is 5.96 Å². The summed E-state index contributed by atoms with van der Waals surface area (Å²) in [6, 6.07) is 3.47. The lowest BCUT2D eigenvalue weighted by molar-refractivity contribution is 0.578. The van der Waals surface area contributed by atoms with E-state index in [-0.39, 0.29) is 11.8 Å². The first-order valence-corrected chi connectivity index (χ1v) is 5.09. The Labute approximate surface area is 93.2 Å². The second-order valence-corrected chi connectivity index (χ2v) is 3.50. The van der Waals surface area contributed by atoms with Crippen molar-refractivity contribution in [2.75, 3.05) is 6.54 Å². The standard InChI is InChI=1S/C11H15F2N3/c12-9-4-5-10(13)8(7-9)3-1-2-6-16-11(14)15/h4-5,7H,1-3,6H2,(H4,14,15,16). The molecule has 1 rings (SSSR count). The van der Waals surface area contributed by atoms with Crippen LogP contribution >= 0.6 is 0 Å². The molecule has 0 aliphatic carbocycles. The van der Waals surface area contributed by atoms with Crippen LogP contribution in [0, 0.1) is 11.6 Å². The van der Waals surface area contributed by atoms with Crippen molar-refractivity contribution < 1.29 is 8.78 Å². The largest absolute Gasteiger partial charge is 0.370 e. The topological polar surface area (TPSA) is 64.4 Å². The molecule has 0 fully saturated rings. The van der Waals surface area contributed by atoms with Gasteiger partial charge in [0.05, 0.1) is 0 Å². The molecule has 0 unspecified atom stereocenters. The van der Waals surface area contributed by atoms with E-state index in [9.17, 15) is 8.78 Å². The van der Waals surface area contributed by atoms with E-state index in [0.717, 1.165) is 25.0 Å². The van der Waals surface area contributed by atoms with Crippen LogP contribution in [0.15, 0.2) is 23.2 Å². The normalized spacial score (nSPS) is 10.1. The van der Waals surface area contributed by atoms with E-state index in [1.165, 1.54) is 6.07 Å². The number of nitrogens with zero attached hydrogens (tertiary/aromatic N) is 1. The Bertz CT molecular complexity index is 373. The predicted octanol–water partition coefficient (Wildman–Crippen LogP) is 1.56. The third-order valence-corrected chi connectivity index (χ3v) is 2.16. The molecule has 3 nitrogen and oxygen atoms in total. The molecule has 0 saturated heterocycles. The van der Waals surface area contributed by atoms with Gasteiger partial charge in [-0.2, -0.15) is 0 Å². The zero-order chi connectivity index (χ0) is 12.0. The van der Waals surface area contributed by atoms with Crippen molar-refractivity contribution in [3.05, 3.63) is 35.4 Å². The Morgan fingerprint density at radius 1 is 1.19 bits per heavy atom. The summed E-state index contributed by atoms with van der Waals surface area (Å²) >= 11 is 0. The summed E-state index contributed by atoms with van der Waals surface area (Å²) in [5.74, 6) is -0.735. The second kappa shape index (κ2) is 6.05. The highest BCUT2D eigenvalue weighted by Gasteiger charge is 2.03. The number of halogens is 2. The van der Waals surface area contributed by atoms with Crippen LogP contribution in [0.5, 0.6) is 0 Å². The molecule has 0 bridgehead atoms. The number of benzene rings is 1. The first kappa shape index (κ1) is 12.4. The van der Waals surface area contributed by atoms with Gasteiger partial charge in [0, 0.05) is 6.54 Å². The molecule has 0 heterocycles. The van der Waals surface area contributed by atoms with Gasteiger partial charge < -0.3 is 11.5 Å². The summed E-state index contributed by atoms with van der Waals surface area (Å²) in [6.45, 7) is 0.513. The number of nitrogens with two attached hydrogens (primary N) is 2. The fourth-order valence-corrected chi connectivity index (χ4v) is 1.37. The Morgan fingerprint density at radius 2 is 1.94 bits per heavy atom. The van der Waals surface area contributed by atoms with Crippen molar-refractivity contribution in [2.24, 2.45) is 16.5 Å². The summed E-state index contributed by atoms with van der Waals surface area (Å²) in [5, 5.41) is 0. The van der Waals surface area contributed by atoms with Gasteiger partial charge in [-0.25, -0.2) is 8.78 Å². The van der Waals surface area contributed by atoms with Crippen molar-refractivity contribution in [1.82, 2.24) is 0 Å². The Kier molecular flexibility index (Phi) is 4.69. The average molecular weight is 227 g/mol. The van der Waals surface area contributed by atoms with Gasteiger partial charge in [0.2, 0.25) is 0 Å². The summed E-state index contributed by atoms with van der Waals surface area (Å²) in [4.78, 5) is 3.80. The summed E-state index contributed by atoms with van der Waals surface area (Å²) in [7, 11) is 0. The van der Waals surface area contributed by atoms with E-state index in [4.69, 9.17) is 11.5 Å². The van der Waals surface area contributed by atoms with Crippen LogP contribution in [0.1, 0.15) is 18.4 Å². The Balaban J connectivity index is 2.37. The summed E-state index contributed by atoms with van der Waals surface area (Å²) < 4.78 is 26.0. The third kappa shape index (κ3) is 4.25. The number of hydrogen-bond acceptors (Lipinski definition) is 1. The molecule has 4 N–H and O–H groups in total. The number of aliphatic imine (C=N–C) groups is 1. The van der Waals surface area contributed by atoms with Gasteiger partial charge in [0.25, 0.3) is 0 Å². The van der Waals surface area contributed by atoms with Gasteiger partial charge in [-0.1, -0.05) is 0 Å². The number of guanidine groups is 1. The molecule has 1 aromatic rings. The molecule has 1 aromatic carbocycles. The fourth-order valence-electron chi connectivity index (χ4n) is 1.37. The molecule has 0 atom stereocenters. The molecule has 0 aliphatic heterocycles. The maximum Gasteiger partial charge on any atom is 0.185 e. The minimum Gasteiger partial charge on any atom is -0.370 e. The third-order valence-electron chi connectivity index (χ3n) is 2.16. The van der Waals surface area contributed by atoms with Crippen LogP contribution in [0.3, 0.4) is 0 Å². The zero-order valence-electron chi connectivity index (χ0n) is 8.92. The highest BCUT2D eigenvalue weighted by molar-refractivity contribution is 5.75. The smallest absolute Gasteiger partial charge is 0.185 e. The second-order valence-electron chi connectivity index (χ2n) is 3.50. The lowest BCUT2D eigenvalue weighted by atomic mass is 10.1. The van der Waals surface area contributed by atoms with Gasteiger partial charge in [-0.3, -0.25) is 4.99 Å². The Morgan fingerprint density at radius 3 is 2.62 bits per heavy atom. The molecule has 0 radical (unpaired) electrons. The van der Waals surface area contributed by atoms with E-state index in [1.807, 2.05) is 0 Å². The first-order valence-electron chi connectivity index (χ1n) is 5.09. The highest BCUT2D eigenvalue weighted by Crippen LogP contribution is 2.12. The molecule has 88 valence electrons. The van der Waals surface area contributed by atoms with Crippen molar-refractivity contribution in [1.29, 1.82) is 0 Å². The maximum absolute atomic E-state index is 13.2. The zero-order valence-corrected chi connectivity index (χ0v) is 8.92. The van der Waals surface area contributed by atoms with Crippen LogP contribution in [0.25, 0.3) is 0 Å². The van der Waals surface area contributed by atoms with E-state index in [2.05, 4.69) is 4.99 Å². The van der Waals surface area contributed by atoms with Crippen LogP contribution < -0.4 is 11.5 Å². The number of unbranched alkanes of at least 4 members (excludes halogenated alkanes) is 1. The molecular formula is C11H15F2N3. The average Bonchev–Trinajstić information content (AvgIpc) is 2.22. The predicted molar refractivity (Wildman–Crippen MR) is 60.0 cm³/mol. The number of hydrogen-bond donors (Lipinski definition) is 2. The van der Waals surface area contributed by atoms with E-state index in [0.29, 0.717) is 18.5 Å². The molecule has 0 spiro atoms. The molecule has 0 amide bonds. The maximum atomic E-state index is 13.2. The van der Waals surface area contributed by atoms with E-state index < -0.39 is 5.82 Å². The van der Waals surface area contributed by atoms with Crippen LogP contribution in [-0.4, -0.2) is 12.5 Å². The molecule has 0 aromatic heterocycles. The minimum absolute atomic E-state index is 0.0527. The highest BCUT2D eigenvalue weighted by atomic mass is 19.1. The molecule has 5 heteroatoms. The van der Waals surface area contributed by atoms with Gasteiger partial charge in [-0.05, 0) is 43.0 Å². The van der Waals surface area contributed by atoms with E-state index >= 15 is 0 Å². The van der Waals surface area contributed by atoms with Gasteiger partial charge in [-0.15, -0.1) is 0 Å². The quantitative estimate of drug-likeness (QED) is 0.455. The van der Waals surface area contributed by atoms with Gasteiger partial charge in [0.1, 0.15) is 11.6 Å². The van der Waals surface area contributed by atoms with Crippen LogP contribution in [0.2, 0.25) is 0 Å². The lowest BCUT2D eigenvalue weighted by Crippen LogP contribution is -2.22. The molecule has 0 saturated carbocycles. The SMILES string of the molecule is NC(N)=NCCCCc1cc(F)ccc1F. The molecule has 0 aliphatic rings. The monoisotopic (exact) mass is 227 g/mol. The summed E-state index contributed by atoms with van der Waals surface area (Å²) in [6.07, 6.45) is 1.95. The fraction of sp³-hybridized carbons (Fsp3) is 0.364. The van der Waals surface area contributed by atoms with E-state index in [1.54, 1.807) is 0 Å². The minimum atomic E-state index is -0.416. The van der Waals surface area contributed by atoms with Crippen LogP contribution in [-0.2, 0) is 6.42 Å². The first-order chi connectivity index (χ1) is 7.59. The van der Waals surface area contributed by atoms with Crippen molar-refractivity contribution in [2.45, 2.75) is 19.3 Å². The molecule has 16 heavy (non-hydrogen) atoms. The van der Waals surface area contributed by atoms with Crippen molar-refractivity contribution in [3.8, 4) is 0 Å². The number of rotatable bonds is 5. The lowest BCUT2D eigenvalue weighted by Gasteiger charge is -2.02.